The van der Waals surface area contributed by atoms with Gasteiger partial charge >= 0.3 is 6.18 Å². The second kappa shape index (κ2) is 4.59. The van der Waals surface area contributed by atoms with Crippen LogP contribution in [-0.2, 0) is 5.67 Å². The van der Waals surface area contributed by atoms with Gasteiger partial charge in [0.05, 0.1) is 0 Å². The van der Waals surface area contributed by atoms with Gasteiger partial charge in [-0.15, -0.1) is 0 Å². The number of nitrogens with one attached hydrogen (secondary N) is 1. The summed E-state index contributed by atoms with van der Waals surface area (Å²) < 4.78 is 51.8. The first-order valence-electron chi connectivity index (χ1n) is 4.47. The largest absolute Gasteiger partial charge is 0.428 e. The quantitative estimate of drug-likeness (QED) is 0.818. The molecule has 1 N–H and O–H groups in total. The van der Waals surface area contributed by atoms with Gasteiger partial charge in [0.2, 0.25) is 5.67 Å². The zero-order chi connectivity index (χ0) is 12.4. The lowest BCUT2D eigenvalue weighted by atomic mass is 9.95. The van der Waals surface area contributed by atoms with Crippen LogP contribution in [0.15, 0.2) is 24.3 Å². The summed E-state index contributed by atoms with van der Waals surface area (Å²) in [6.07, 6.45) is -4.97. The number of rotatable bonds is 3. The highest BCUT2D eigenvalue weighted by atomic mass is 35.5. The molecule has 90 valence electrons. The third-order valence-corrected chi connectivity index (χ3v) is 2.42. The monoisotopic (exact) mass is 255 g/mol. The maximum atomic E-state index is 13.9. The van der Waals surface area contributed by atoms with Gasteiger partial charge < -0.3 is 5.32 Å². The van der Waals surface area contributed by atoms with Gasteiger partial charge in [0, 0.05) is 11.6 Å². The number of hydrogen-bond acceptors (Lipinski definition) is 1. The van der Waals surface area contributed by atoms with Crippen molar-refractivity contribution in [2.24, 2.45) is 0 Å². The van der Waals surface area contributed by atoms with Crippen molar-refractivity contribution in [1.82, 2.24) is 5.32 Å². The van der Waals surface area contributed by atoms with Gasteiger partial charge in [0.1, 0.15) is 0 Å². The second-order valence-electron chi connectivity index (χ2n) is 3.34. The van der Waals surface area contributed by atoms with Gasteiger partial charge in [-0.25, -0.2) is 4.39 Å². The minimum Gasteiger partial charge on any atom is -0.316 e. The first kappa shape index (κ1) is 13.3. The molecule has 1 rings (SSSR count). The van der Waals surface area contributed by atoms with Gasteiger partial charge in [-0.1, -0.05) is 23.7 Å². The molecule has 1 aromatic carbocycles. The number of alkyl halides is 4. The number of halogens is 5. The highest BCUT2D eigenvalue weighted by Crippen LogP contribution is 2.42. The summed E-state index contributed by atoms with van der Waals surface area (Å²) in [7, 11) is 1.26. The van der Waals surface area contributed by atoms with Crippen LogP contribution in [0.1, 0.15) is 5.56 Å². The predicted octanol–water partition coefficient (Wildman–Crippen LogP) is 3.29. The van der Waals surface area contributed by atoms with E-state index >= 15 is 0 Å². The molecule has 0 saturated heterocycles. The van der Waals surface area contributed by atoms with Crippen molar-refractivity contribution in [3.8, 4) is 0 Å². The molecular formula is C10H10ClF4N. The van der Waals surface area contributed by atoms with Crippen LogP contribution in [0.2, 0.25) is 5.02 Å². The van der Waals surface area contributed by atoms with E-state index in [9.17, 15) is 17.6 Å². The molecule has 0 saturated carbocycles. The minimum absolute atomic E-state index is 0.262. The van der Waals surface area contributed by atoms with Gasteiger partial charge in [0.15, 0.2) is 0 Å². The Morgan fingerprint density at radius 3 is 2.00 bits per heavy atom. The normalized spacial score (nSPS) is 15.9. The third kappa shape index (κ3) is 2.47. The average Bonchev–Trinajstić information content (AvgIpc) is 2.17. The minimum atomic E-state index is -4.97. The van der Waals surface area contributed by atoms with Crippen LogP contribution >= 0.6 is 11.6 Å². The van der Waals surface area contributed by atoms with Crippen LogP contribution in [0.4, 0.5) is 17.6 Å². The molecule has 1 atom stereocenters. The zero-order valence-corrected chi connectivity index (χ0v) is 9.16. The number of hydrogen-bond donors (Lipinski definition) is 1. The Hall–Kier alpha value is -0.810. The predicted molar refractivity (Wildman–Crippen MR) is 54.2 cm³/mol. The summed E-state index contributed by atoms with van der Waals surface area (Å²) in [6, 6.07) is 4.53. The molecule has 6 heteroatoms. The van der Waals surface area contributed by atoms with Crippen molar-refractivity contribution >= 4 is 11.6 Å². The van der Waals surface area contributed by atoms with Crippen molar-refractivity contribution < 1.29 is 17.6 Å². The fourth-order valence-corrected chi connectivity index (χ4v) is 1.45. The van der Waals surface area contributed by atoms with E-state index in [2.05, 4.69) is 5.32 Å². The Bertz CT molecular complexity index is 349. The molecule has 0 fully saturated rings. The van der Waals surface area contributed by atoms with E-state index in [0.29, 0.717) is 0 Å². The standard InChI is InChI=1S/C10H10ClF4N/c1-16-6-9(12,10(13,14)15)7-2-4-8(11)5-3-7/h2-5,16H,6H2,1H3. The second-order valence-corrected chi connectivity index (χ2v) is 3.77. The summed E-state index contributed by atoms with van der Waals surface area (Å²) >= 11 is 5.53. The SMILES string of the molecule is CNCC(F)(c1ccc(Cl)cc1)C(F)(F)F. The Balaban J connectivity index is 3.16. The first-order chi connectivity index (χ1) is 7.31. The number of likely N-dealkylation sites (N-methyl/N-ethyl adjacent to an activating group) is 1. The Morgan fingerprint density at radius 1 is 1.12 bits per heavy atom. The van der Waals surface area contributed by atoms with Crippen LogP contribution in [0, 0.1) is 0 Å². The lowest BCUT2D eigenvalue weighted by molar-refractivity contribution is -0.233. The van der Waals surface area contributed by atoms with Crippen LogP contribution in [0.5, 0.6) is 0 Å². The van der Waals surface area contributed by atoms with E-state index < -0.39 is 24.0 Å². The Kier molecular flexibility index (Phi) is 3.80. The first-order valence-corrected chi connectivity index (χ1v) is 4.85. The summed E-state index contributed by atoms with van der Waals surface area (Å²) in [5.74, 6) is 0. The molecule has 1 nitrogen and oxygen atoms in total. The molecular weight excluding hydrogens is 246 g/mol. The van der Waals surface area contributed by atoms with Crippen molar-refractivity contribution in [2.75, 3.05) is 13.6 Å². The van der Waals surface area contributed by atoms with E-state index in [-0.39, 0.29) is 5.02 Å². The van der Waals surface area contributed by atoms with Gasteiger partial charge in [-0.3, -0.25) is 0 Å². The van der Waals surface area contributed by atoms with Crippen LogP contribution in [0.3, 0.4) is 0 Å². The molecule has 0 heterocycles. The van der Waals surface area contributed by atoms with Crippen molar-refractivity contribution in [2.45, 2.75) is 11.8 Å². The van der Waals surface area contributed by atoms with Crippen molar-refractivity contribution in [3.05, 3.63) is 34.9 Å². The molecule has 16 heavy (non-hydrogen) atoms. The molecule has 0 aromatic heterocycles. The smallest absolute Gasteiger partial charge is 0.316 e. The summed E-state index contributed by atoms with van der Waals surface area (Å²) in [5, 5.41) is 2.46. The molecule has 0 aliphatic rings. The fourth-order valence-electron chi connectivity index (χ4n) is 1.32. The fraction of sp³-hybridized carbons (Fsp3) is 0.400. The number of benzene rings is 1. The lowest BCUT2D eigenvalue weighted by Crippen LogP contribution is -2.45. The van der Waals surface area contributed by atoms with Crippen molar-refractivity contribution in [3.63, 3.8) is 0 Å². The molecule has 0 spiro atoms. The van der Waals surface area contributed by atoms with E-state index in [1.54, 1.807) is 0 Å². The molecule has 0 aliphatic heterocycles. The van der Waals surface area contributed by atoms with Crippen LogP contribution in [-0.4, -0.2) is 19.8 Å². The molecule has 0 amide bonds. The molecule has 0 aliphatic carbocycles. The highest BCUT2D eigenvalue weighted by molar-refractivity contribution is 6.30. The highest BCUT2D eigenvalue weighted by Gasteiger charge is 2.56. The topological polar surface area (TPSA) is 12.0 Å². The summed E-state index contributed by atoms with van der Waals surface area (Å²) in [6.45, 7) is -0.835. The van der Waals surface area contributed by atoms with Crippen LogP contribution < -0.4 is 5.32 Å². The van der Waals surface area contributed by atoms with E-state index in [4.69, 9.17) is 11.6 Å². The Morgan fingerprint density at radius 2 is 1.62 bits per heavy atom. The molecule has 1 unspecified atom stereocenters. The molecule has 1 aromatic rings. The summed E-state index contributed by atoms with van der Waals surface area (Å²) in [5.41, 5.74) is -3.86. The maximum Gasteiger partial charge on any atom is 0.428 e. The maximum absolute atomic E-state index is 13.9. The third-order valence-electron chi connectivity index (χ3n) is 2.17. The van der Waals surface area contributed by atoms with Crippen molar-refractivity contribution in [1.29, 1.82) is 0 Å². The lowest BCUT2D eigenvalue weighted by Gasteiger charge is -2.28. The summed E-state index contributed by atoms with van der Waals surface area (Å²) in [4.78, 5) is 0. The van der Waals surface area contributed by atoms with E-state index in [0.717, 1.165) is 12.1 Å². The molecule has 0 bridgehead atoms. The average molecular weight is 256 g/mol. The van der Waals surface area contributed by atoms with E-state index in [1.807, 2.05) is 0 Å². The van der Waals surface area contributed by atoms with Gasteiger partial charge in [-0.05, 0) is 24.7 Å². The zero-order valence-electron chi connectivity index (χ0n) is 8.41. The molecule has 0 radical (unpaired) electrons. The van der Waals surface area contributed by atoms with Gasteiger partial charge in [0.25, 0.3) is 0 Å². The Labute approximate surface area is 95.4 Å². The van der Waals surface area contributed by atoms with Crippen LogP contribution in [0.25, 0.3) is 0 Å². The van der Waals surface area contributed by atoms with E-state index in [1.165, 1.54) is 19.2 Å². The van der Waals surface area contributed by atoms with Gasteiger partial charge in [-0.2, -0.15) is 13.2 Å².